The number of hydrogen-bond donors (Lipinski definition) is 0. The Bertz CT molecular complexity index is 1420. The van der Waals surface area contributed by atoms with Crippen molar-refractivity contribution < 1.29 is 4.79 Å². The lowest BCUT2D eigenvalue weighted by Gasteiger charge is -2.29. The molecule has 5 rings (SSSR count). The van der Waals surface area contributed by atoms with Crippen molar-refractivity contribution in [3.8, 4) is 0 Å². The van der Waals surface area contributed by atoms with E-state index in [2.05, 4.69) is 104 Å². The van der Waals surface area contributed by atoms with Crippen molar-refractivity contribution >= 4 is 35.5 Å². The Labute approximate surface area is 213 Å². The number of aromatic nitrogens is 3. The van der Waals surface area contributed by atoms with Gasteiger partial charge in [0, 0.05) is 12.1 Å². The van der Waals surface area contributed by atoms with Crippen LogP contribution in [0, 0.1) is 0 Å². The normalized spacial score (nSPS) is 12.7. The summed E-state index contributed by atoms with van der Waals surface area (Å²) in [6.07, 6.45) is 0.331. The molecule has 180 valence electrons. The highest BCUT2D eigenvalue weighted by atomic mass is 31.1. The monoisotopic (exact) mass is 491 g/mol. The summed E-state index contributed by atoms with van der Waals surface area (Å²) in [6.45, 7) is 6.67. The predicted octanol–water partition coefficient (Wildman–Crippen LogP) is 6.63. The highest BCUT2D eigenvalue weighted by Crippen LogP contribution is 2.51. The molecule has 0 radical (unpaired) electrons. The maximum Gasteiger partial charge on any atom is 0.249 e. The Morgan fingerprint density at radius 2 is 1.33 bits per heavy atom. The van der Waals surface area contributed by atoms with Gasteiger partial charge in [-0.05, 0) is 47.2 Å². The lowest BCUT2D eigenvalue weighted by atomic mass is 9.86. The largest absolute Gasteiger partial charge is 0.272 e. The SMILES string of the molecule is CC(C)(C)c1ccc([C@@H](CC(=O)n2nnc3ccccc32)P(c2ccccc2)c2ccccc2)cc1. The molecule has 0 aliphatic carbocycles. The van der Waals surface area contributed by atoms with Gasteiger partial charge in [-0.1, -0.05) is 123 Å². The summed E-state index contributed by atoms with van der Waals surface area (Å²) < 4.78 is 1.47. The number of benzene rings is 4. The molecule has 0 fully saturated rings. The fourth-order valence-corrected chi connectivity index (χ4v) is 7.37. The summed E-state index contributed by atoms with van der Waals surface area (Å²) in [4.78, 5) is 13.8. The molecule has 1 aromatic heterocycles. The smallest absolute Gasteiger partial charge is 0.249 e. The standard InChI is InChI=1S/C31H30N3OP/c1-31(2,3)24-20-18-23(19-21-24)29(22-30(35)34-28-17-11-10-16-27(28)32-33-34)36(25-12-6-4-7-13-25)26-14-8-5-9-15-26/h4-21,29H,22H2,1-3H3/t29-/m1/s1. The summed E-state index contributed by atoms with van der Waals surface area (Å²) in [7, 11) is -0.862. The zero-order valence-corrected chi connectivity index (χ0v) is 21.8. The summed E-state index contributed by atoms with van der Waals surface area (Å²) in [5.41, 5.74) is 3.96. The molecule has 0 aliphatic rings. The van der Waals surface area contributed by atoms with Gasteiger partial charge in [-0.2, -0.15) is 4.68 Å². The van der Waals surface area contributed by atoms with Crippen LogP contribution in [-0.4, -0.2) is 20.9 Å². The van der Waals surface area contributed by atoms with Crippen LogP contribution in [0.4, 0.5) is 0 Å². The minimum Gasteiger partial charge on any atom is -0.272 e. The average Bonchev–Trinajstić information content (AvgIpc) is 3.34. The van der Waals surface area contributed by atoms with Gasteiger partial charge in [0.1, 0.15) is 5.52 Å². The molecule has 0 N–H and O–H groups in total. The molecule has 5 aromatic rings. The summed E-state index contributed by atoms with van der Waals surface area (Å²) in [6, 6.07) is 37.6. The first kappa shape index (κ1) is 24.1. The minimum absolute atomic E-state index is 0.0192. The summed E-state index contributed by atoms with van der Waals surface area (Å²) >= 11 is 0. The number of carbonyl (C=O) groups is 1. The van der Waals surface area contributed by atoms with Gasteiger partial charge in [-0.3, -0.25) is 4.79 Å². The number of rotatable bonds is 6. The highest BCUT2D eigenvalue weighted by Gasteiger charge is 2.30. The van der Waals surface area contributed by atoms with E-state index in [4.69, 9.17) is 0 Å². The van der Waals surface area contributed by atoms with Crippen molar-refractivity contribution in [1.29, 1.82) is 0 Å². The topological polar surface area (TPSA) is 47.8 Å². The number of carbonyl (C=O) groups excluding carboxylic acids is 1. The van der Waals surface area contributed by atoms with Crippen molar-refractivity contribution in [2.75, 3.05) is 0 Å². The molecule has 0 bridgehead atoms. The fourth-order valence-electron chi connectivity index (χ4n) is 4.55. The van der Waals surface area contributed by atoms with E-state index in [0.717, 1.165) is 11.0 Å². The number of para-hydroxylation sites is 1. The van der Waals surface area contributed by atoms with Crippen LogP contribution in [0.15, 0.2) is 109 Å². The van der Waals surface area contributed by atoms with Crippen molar-refractivity contribution in [2.45, 2.75) is 38.3 Å². The maximum atomic E-state index is 13.8. The van der Waals surface area contributed by atoms with Crippen LogP contribution in [0.5, 0.6) is 0 Å². The van der Waals surface area contributed by atoms with Gasteiger partial charge in [0.2, 0.25) is 5.91 Å². The van der Waals surface area contributed by atoms with Crippen LogP contribution < -0.4 is 10.6 Å². The first-order valence-corrected chi connectivity index (χ1v) is 13.7. The lowest BCUT2D eigenvalue weighted by molar-refractivity contribution is 0.0889. The average molecular weight is 492 g/mol. The molecule has 5 heteroatoms. The van der Waals surface area contributed by atoms with Crippen molar-refractivity contribution in [2.24, 2.45) is 0 Å². The molecule has 0 spiro atoms. The van der Waals surface area contributed by atoms with Crippen LogP contribution in [0.3, 0.4) is 0 Å². The van der Waals surface area contributed by atoms with Crippen LogP contribution >= 0.6 is 7.92 Å². The highest BCUT2D eigenvalue weighted by molar-refractivity contribution is 7.73. The molecular weight excluding hydrogens is 461 g/mol. The Morgan fingerprint density at radius 3 is 1.92 bits per heavy atom. The van der Waals surface area contributed by atoms with Crippen molar-refractivity contribution in [1.82, 2.24) is 15.0 Å². The number of hydrogen-bond acceptors (Lipinski definition) is 3. The Morgan fingerprint density at radius 1 is 0.778 bits per heavy atom. The van der Waals surface area contributed by atoms with Gasteiger partial charge in [0.05, 0.1) is 5.52 Å². The lowest BCUT2D eigenvalue weighted by Crippen LogP contribution is -2.22. The van der Waals surface area contributed by atoms with E-state index in [1.165, 1.54) is 26.4 Å². The molecule has 0 saturated heterocycles. The molecule has 36 heavy (non-hydrogen) atoms. The second-order valence-corrected chi connectivity index (χ2v) is 12.4. The fraction of sp³-hybridized carbons (Fsp3) is 0.194. The van der Waals surface area contributed by atoms with E-state index in [0.29, 0.717) is 6.42 Å². The van der Waals surface area contributed by atoms with E-state index >= 15 is 0 Å². The quantitative estimate of drug-likeness (QED) is 0.250. The van der Waals surface area contributed by atoms with E-state index < -0.39 is 7.92 Å². The Balaban J connectivity index is 1.62. The Hall–Kier alpha value is -3.62. The van der Waals surface area contributed by atoms with Gasteiger partial charge >= 0.3 is 0 Å². The molecule has 1 atom stereocenters. The molecule has 0 unspecified atom stereocenters. The molecular formula is C31H30N3OP. The molecule has 4 aromatic carbocycles. The van der Waals surface area contributed by atoms with E-state index in [9.17, 15) is 4.79 Å². The second-order valence-electron chi connectivity index (χ2n) is 10.0. The van der Waals surface area contributed by atoms with E-state index in [-0.39, 0.29) is 17.0 Å². The van der Waals surface area contributed by atoms with E-state index in [1.807, 2.05) is 36.4 Å². The third kappa shape index (κ3) is 5.01. The molecule has 4 nitrogen and oxygen atoms in total. The van der Waals surface area contributed by atoms with Crippen LogP contribution in [-0.2, 0) is 5.41 Å². The molecule has 1 heterocycles. The zero-order chi connectivity index (χ0) is 25.1. The van der Waals surface area contributed by atoms with Gasteiger partial charge in [0.25, 0.3) is 0 Å². The summed E-state index contributed by atoms with van der Waals surface area (Å²) in [5, 5.41) is 10.9. The first-order chi connectivity index (χ1) is 17.4. The Kier molecular flexibility index (Phi) is 6.80. The molecule has 0 aliphatic heterocycles. The van der Waals surface area contributed by atoms with Crippen LogP contribution in [0.25, 0.3) is 11.0 Å². The van der Waals surface area contributed by atoms with Gasteiger partial charge in [0.15, 0.2) is 0 Å². The molecule has 0 saturated carbocycles. The van der Waals surface area contributed by atoms with Gasteiger partial charge in [-0.25, -0.2) is 0 Å². The predicted molar refractivity (Wildman–Crippen MR) is 150 cm³/mol. The van der Waals surface area contributed by atoms with Gasteiger partial charge < -0.3 is 0 Å². The van der Waals surface area contributed by atoms with E-state index in [1.54, 1.807) is 0 Å². The zero-order valence-electron chi connectivity index (χ0n) is 20.9. The molecule has 0 amide bonds. The van der Waals surface area contributed by atoms with Crippen LogP contribution in [0.2, 0.25) is 0 Å². The second kappa shape index (κ2) is 10.2. The number of nitrogens with zero attached hydrogens (tertiary/aromatic N) is 3. The third-order valence-corrected chi connectivity index (χ3v) is 9.31. The van der Waals surface area contributed by atoms with Crippen LogP contribution in [0.1, 0.15) is 48.8 Å². The number of fused-ring (bicyclic) bond motifs is 1. The third-order valence-electron chi connectivity index (χ3n) is 6.50. The van der Waals surface area contributed by atoms with Gasteiger partial charge in [-0.15, -0.1) is 5.10 Å². The maximum absolute atomic E-state index is 13.8. The first-order valence-electron chi connectivity index (χ1n) is 12.3. The van der Waals surface area contributed by atoms with Crippen molar-refractivity contribution in [3.63, 3.8) is 0 Å². The summed E-state index contributed by atoms with van der Waals surface area (Å²) in [5.74, 6) is -0.0482. The van der Waals surface area contributed by atoms with Crippen molar-refractivity contribution in [3.05, 3.63) is 120 Å². The minimum atomic E-state index is -0.862.